The molecule has 21 heavy (non-hydrogen) atoms. The van der Waals surface area contributed by atoms with E-state index < -0.39 is 24.7 Å². The van der Waals surface area contributed by atoms with Gasteiger partial charge in [-0.05, 0) is 26.0 Å². The fourth-order valence-electron chi connectivity index (χ4n) is 2.71. The van der Waals surface area contributed by atoms with Gasteiger partial charge in [0.05, 0.1) is 6.04 Å². The maximum atomic E-state index is 12.4. The summed E-state index contributed by atoms with van der Waals surface area (Å²) in [4.78, 5) is 14.9. The monoisotopic (exact) mass is 300 g/mol. The summed E-state index contributed by atoms with van der Waals surface area (Å²) in [6.45, 7) is 0.958. The van der Waals surface area contributed by atoms with Gasteiger partial charge in [0, 0.05) is 12.6 Å². The highest BCUT2D eigenvalue weighted by atomic mass is 19.4. The van der Waals surface area contributed by atoms with E-state index in [9.17, 15) is 18.0 Å². The molecule has 2 rings (SSSR count). The molecule has 0 unspecified atom stereocenters. The van der Waals surface area contributed by atoms with Crippen LogP contribution in [-0.4, -0.2) is 48.1 Å². The van der Waals surface area contributed by atoms with Crippen LogP contribution in [0, 0.1) is 0 Å². The van der Waals surface area contributed by atoms with Crippen molar-refractivity contribution in [1.29, 1.82) is 0 Å². The van der Waals surface area contributed by atoms with Crippen LogP contribution >= 0.6 is 0 Å². The number of likely N-dealkylation sites (N-methyl/N-ethyl adjacent to an activating group) is 1. The fourth-order valence-corrected chi connectivity index (χ4v) is 2.71. The van der Waals surface area contributed by atoms with Crippen LogP contribution in [0.3, 0.4) is 0 Å². The van der Waals surface area contributed by atoms with Gasteiger partial charge >= 0.3 is 6.18 Å². The zero-order valence-corrected chi connectivity index (χ0v) is 12.1. The third-order valence-electron chi connectivity index (χ3n) is 4.02. The van der Waals surface area contributed by atoms with Crippen LogP contribution < -0.4 is 0 Å². The molecule has 1 saturated heterocycles. The quantitative estimate of drug-likeness (QED) is 0.853. The molecule has 1 aliphatic rings. The first-order valence-corrected chi connectivity index (χ1v) is 6.92. The number of hydrogen-bond donors (Lipinski definition) is 0. The Morgan fingerprint density at radius 2 is 1.95 bits per heavy atom. The first-order chi connectivity index (χ1) is 9.79. The summed E-state index contributed by atoms with van der Waals surface area (Å²) in [5, 5.41) is 0. The largest absolute Gasteiger partial charge is 0.406 e. The van der Waals surface area contributed by atoms with Crippen LogP contribution in [0.5, 0.6) is 0 Å². The number of hydrogen-bond acceptors (Lipinski definition) is 2. The summed E-state index contributed by atoms with van der Waals surface area (Å²) >= 11 is 0. The van der Waals surface area contributed by atoms with E-state index in [1.54, 1.807) is 7.05 Å². The Bertz CT molecular complexity index is 489. The Kier molecular flexibility index (Phi) is 4.56. The van der Waals surface area contributed by atoms with Crippen molar-refractivity contribution in [2.45, 2.75) is 31.6 Å². The minimum absolute atomic E-state index is 0.0222. The lowest BCUT2D eigenvalue weighted by molar-refractivity contribution is -0.159. The second-order valence-electron chi connectivity index (χ2n) is 5.43. The molecule has 0 N–H and O–H groups in total. The molecule has 0 saturated carbocycles. The van der Waals surface area contributed by atoms with Gasteiger partial charge in [0.15, 0.2) is 0 Å². The average Bonchev–Trinajstić information content (AvgIpc) is 2.78. The summed E-state index contributed by atoms with van der Waals surface area (Å²) in [6, 6.07) is 9.12. The highest BCUT2D eigenvalue weighted by Gasteiger charge is 2.41. The zero-order valence-electron chi connectivity index (χ0n) is 12.1. The normalized spacial score (nSPS) is 21.1. The maximum Gasteiger partial charge on any atom is 0.406 e. The molecule has 1 aromatic carbocycles. The van der Waals surface area contributed by atoms with E-state index in [0.717, 1.165) is 10.5 Å². The number of rotatable bonds is 4. The number of likely N-dealkylation sites (tertiary alicyclic amines) is 1. The Balaban J connectivity index is 2.04. The van der Waals surface area contributed by atoms with E-state index in [4.69, 9.17) is 0 Å². The van der Waals surface area contributed by atoms with Crippen LogP contribution in [-0.2, 0) is 4.79 Å². The first-order valence-electron chi connectivity index (χ1n) is 6.92. The Morgan fingerprint density at radius 1 is 1.33 bits per heavy atom. The number of alkyl halides is 3. The molecule has 1 aromatic rings. The van der Waals surface area contributed by atoms with Crippen molar-refractivity contribution in [2.75, 3.05) is 20.1 Å². The second-order valence-corrected chi connectivity index (χ2v) is 5.43. The van der Waals surface area contributed by atoms with Crippen LogP contribution in [0.15, 0.2) is 30.3 Å². The molecule has 0 aliphatic carbocycles. The number of benzene rings is 1. The lowest BCUT2D eigenvalue weighted by Crippen LogP contribution is -2.43. The van der Waals surface area contributed by atoms with Crippen LogP contribution in [0.1, 0.15) is 24.9 Å². The van der Waals surface area contributed by atoms with Crippen molar-refractivity contribution >= 4 is 5.91 Å². The summed E-state index contributed by atoms with van der Waals surface area (Å²) in [5.74, 6) is -0.433. The van der Waals surface area contributed by atoms with Crippen molar-refractivity contribution in [3.8, 4) is 0 Å². The number of carbonyl (C=O) groups is 1. The molecular formula is C15H19F3N2O. The minimum Gasteiger partial charge on any atom is -0.332 e. The van der Waals surface area contributed by atoms with Gasteiger partial charge in [0.25, 0.3) is 0 Å². The molecule has 3 nitrogen and oxygen atoms in total. The second kappa shape index (κ2) is 6.05. The molecule has 2 atom stereocenters. The molecule has 0 spiro atoms. The number of carbonyl (C=O) groups excluding carboxylic acids is 1. The molecule has 1 amide bonds. The van der Waals surface area contributed by atoms with E-state index in [0.29, 0.717) is 6.42 Å². The van der Waals surface area contributed by atoms with E-state index in [1.165, 1.54) is 0 Å². The molecule has 0 aromatic heterocycles. The van der Waals surface area contributed by atoms with E-state index >= 15 is 0 Å². The molecule has 116 valence electrons. The van der Waals surface area contributed by atoms with Gasteiger partial charge in [-0.25, -0.2) is 0 Å². The van der Waals surface area contributed by atoms with Gasteiger partial charge in [-0.15, -0.1) is 0 Å². The SMILES string of the molecule is C[C@@H](c1ccccc1)N(C)[C@@H]1CCN(CC(F)(F)F)C1=O. The maximum absolute atomic E-state index is 12.4. The van der Waals surface area contributed by atoms with Gasteiger partial charge in [-0.1, -0.05) is 30.3 Å². The summed E-state index contributed by atoms with van der Waals surface area (Å²) < 4.78 is 37.3. The van der Waals surface area contributed by atoms with Gasteiger partial charge in [0.2, 0.25) is 5.91 Å². The minimum atomic E-state index is -4.34. The molecule has 0 radical (unpaired) electrons. The van der Waals surface area contributed by atoms with E-state index in [2.05, 4.69) is 0 Å². The predicted octanol–water partition coefficient (Wildman–Crippen LogP) is 2.84. The van der Waals surface area contributed by atoms with Gasteiger partial charge in [-0.3, -0.25) is 9.69 Å². The summed E-state index contributed by atoms with van der Waals surface area (Å²) in [6.07, 6.45) is -3.91. The Hall–Kier alpha value is -1.56. The molecule has 0 bridgehead atoms. The molecule has 1 aliphatic heterocycles. The van der Waals surface area contributed by atoms with Crippen LogP contribution in [0.2, 0.25) is 0 Å². The Labute approximate surface area is 122 Å². The van der Waals surface area contributed by atoms with Gasteiger partial charge in [-0.2, -0.15) is 13.2 Å². The summed E-state index contributed by atoms with van der Waals surface area (Å²) in [7, 11) is 1.79. The smallest absolute Gasteiger partial charge is 0.332 e. The van der Waals surface area contributed by atoms with Gasteiger partial charge in [0.1, 0.15) is 6.54 Å². The van der Waals surface area contributed by atoms with Gasteiger partial charge < -0.3 is 4.90 Å². The number of halogens is 3. The third-order valence-corrected chi connectivity index (χ3v) is 4.02. The first kappa shape index (κ1) is 15.8. The number of nitrogens with zero attached hydrogens (tertiary/aromatic N) is 2. The highest BCUT2D eigenvalue weighted by molar-refractivity contribution is 5.84. The topological polar surface area (TPSA) is 23.6 Å². The van der Waals surface area contributed by atoms with E-state index in [-0.39, 0.29) is 12.6 Å². The van der Waals surface area contributed by atoms with Crippen molar-refractivity contribution in [2.24, 2.45) is 0 Å². The van der Waals surface area contributed by atoms with Crippen molar-refractivity contribution in [3.63, 3.8) is 0 Å². The lowest BCUT2D eigenvalue weighted by atomic mass is 10.1. The predicted molar refractivity (Wildman–Crippen MR) is 73.7 cm³/mol. The Morgan fingerprint density at radius 3 is 2.52 bits per heavy atom. The van der Waals surface area contributed by atoms with E-state index in [1.807, 2.05) is 42.2 Å². The third kappa shape index (κ3) is 3.75. The molecule has 1 heterocycles. The summed E-state index contributed by atoms with van der Waals surface area (Å²) in [5.41, 5.74) is 1.04. The van der Waals surface area contributed by atoms with Crippen molar-refractivity contribution in [3.05, 3.63) is 35.9 Å². The molecule has 1 fully saturated rings. The lowest BCUT2D eigenvalue weighted by Gasteiger charge is -2.30. The number of amides is 1. The fraction of sp³-hybridized carbons (Fsp3) is 0.533. The van der Waals surface area contributed by atoms with Crippen molar-refractivity contribution in [1.82, 2.24) is 9.80 Å². The van der Waals surface area contributed by atoms with Crippen molar-refractivity contribution < 1.29 is 18.0 Å². The zero-order chi connectivity index (χ0) is 15.6. The molecular weight excluding hydrogens is 281 g/mol. The van der Waals surface area contributed by atoms with Crippen LogP contribution in [0.4, 0.5) is 13.2 Å². The van der Waals surface area contributed by atoms with Crippen LogP contribution in [0.25, 0.3) is 0 Å². The standard InChI is InChI=1S/C15H19F3N2O/c1-11(12-6-4-3-5-7-12)19(2)13-8-9-20(14(13)21)10-15(16,17)18/h3-7,11,13H,8-10H2,1-2H3/t11-,13+/m0/s1. The molecule has 6 heteroatoms. The highest BCUT2D eigenvalue weighted by Crippen LogP contribution is 2.27. The average molecular weight is 300 g/mol.